The molecule has 2 nitrogen and oxygen atoms in total. The molecule has 0 unspecified atom stereocenters. The van der Waals surface area contributed by atoms with Gasteiger partial charge in [-0.05, 0) is 12.5 Å². The number of aliphatic imine (C=N–C) groups is 1. The summed E-state index contributed by atoms with van der Waals surface area (Å²) < 4.78 is 11.5. The lowest BCUT2D eigenvalue weighted by Crippen LogP contribution is -1.73. The number of rotatable bonds is 0. The summed E-state index contributed by atoms with van der Waals surface area (Å²) in [4.78, 5) is 3.72. The van der Waals surface area contributed by atoms with Crippen LogP contribution in [-0.2, 0) is 4.74 Å². The Hall–Kier alpha value is -0.790. The zero-order valence-corrected chi connectivity index (χ0v) is 3.92. The zero-order valence-electron chi connectivity index (χ0n) is 4.92. The highest BCUT2D eigenvalue weighted by Gasteiger charge is 1.80. The van der Waals surface area contributed by atoms with Crippen LogP contribution in [-0.4, -0.2) is 12.9 Å². The monoisotopic (exact) mass is 98.1 g/mol. The van der Waals surface area contributed by atoms with E-state index in [1.807, 2.05) is 6.08 Å². The molecule has 0 aromatic rings. The van der Waals surface area contributed by atoms with Gasteiger partial charge in [0.15, 0.2) is 6.38 Å². The molecule has 0 radical (unpaired) electrons. The molecule has 0 aliphatic carbocycles. The normalized spacial score (nSPS) is 21.7. The minimum Gasteiger partial charge on any atom is -0.454 e. The van der Waals surface area contributed by atoms with Crippen molar-refractivity contribution in [2.45, 2.75) is 6.42 Å². The fourth-order valence-electron chi connectivity index (χ4n) is 0.369. The molecule has 0 aromatic heterocycles. The van der Waals surface area contributed by atoms with Crippen molar-refractivity contribution in [1.29, 1.82) is 0 Å². The van der Waals surface area contributed by atoms with Gasteiger partial charge in [0.1, 0.15) is 1.37 Å². The second-order valence-corrected chi connectivity index (χ2v) is 1.25. The smallest absolute Gasteiger partial charge is 0.175 e. The van der Waals surface area contributed by atoms with Crippen molar-refractivity contribution in [3.63, 3.8) is 0 Å². The third-order valence-corrected chi connectivity index (χ3v) is 0.689. The molecule has 1 heterocycles. The van der Waals surface area contributed by atoms with Crippen LogP contribution in [0.3, 0.4) is 0 Å². The fraction of sp³-hybridized carbons (Fsp3) is 0.400. The van der Waals surface area contributed by atoms with E-state index in [1.165, 1.54) is 6.26 Å². The molecule has 1 aliphatic rings. The van der Waals surface area contributed by atoms with Crippen molar-refractivity contribution in [3.8, 4) is 0 Å². The summed E-state index contributed by atoms with van der Waals surface area (Å²) in [5.74, 6) is 0. The lowest BCUT2D eigenvalue weighted by molar-refractivity contribution is 0.495. The molecule has 0 atom stereocenters. The van der Waals surface area contributed by atoms with E-state index in [-0.39, 0.29) is 6.38 Å². The molecule has 0 spiro atoms. The van der Waals surface area contributed by atoms with Crippen LogP contribution in [0.1, 0.15) is 7.79 Å². The Balaban J connectivity index is 2.51. The Morgan fingerprint density at radius 3 is 3.86 bits per heavy atom. The molecule has 2 heteroatoms. The fourth-order valence-corrected chi connectivity index (χ4v) is 0.369. The highest BCUT2D eigenvalue weighted by atomic mass is 16.5. The van der Waals surface area contributed by atoms with E-state index in [4.69, 9.17) is 1.37 Å². The van der Waals surface area contributed by atoms with Crippen LogP contribution in [0.25, 0.3) is 0 Å². The molecular weight excluding hydrogens is 90.1 g/mol. The maximum absolute atomic E-state index is 6.89. The summed E-state index contributed by atoms with van der Waals surface area (Å²) in [6.45, 7) is 0.676. The first-order valence-electron chi connectivity index (χ1n) is 2.72. The Morgan fingerprint density at radius 2 is 2.86 bits per heavy atom. The van der Waals surface area contributed by atoms with Gasteiger partial charge in [-0.1, -0.05) is 0 Å². The third-order valence-electron chi connectivity index (χ3n) is 0.689. The second-order valence-electron chi connectivity index (χ2n) is 1.25. The molecular formula is C5H7NO. The van der Waals surface area contributed by atoms with E-state index >= 15 is 0 Å². The first kappa shape index (κ1) is 3.24. The van der Waals surface area contributed by atoms with Crippen molar-refractivity contribution >= 4 is 6.38 Å². The van der Waals surface area contributed by atoms with Gasteiger partial charge in [0.25, 0.3) is 0 Å². The minimum absolute atomic E-state index is 0.0127. The van der Waals surface area contributed by atoms with Crippen LogP contribution in [0.4, 0.5) is 0 Å². The van der Waals surface area contributed by atoms with Gasteiger partial charge >= 0.3 is 0 Å². The lowest BCUT2D eigenvalue weighted by atomic mass is 10.4. The van der Waals surface area contributed by atoms with Gasteiger partial charge in [-0.15, -0.1) is 0 Å². The minimum atomic E-state index is 0.0127. The molecule has 1 rings (SSSR count). The standard InChI is InChI=1S/C5H7NO/c1-2-4-7-5-6-3-1/h2,4-5H,1,3H2/i5D. The molecule has 0 aromatic carbocycles. The molecule has 7 heavy (non-hydrogen) atoms. The van der Waals surface area contributed by atoms with Gasteiger partial charge in [-0.25, -0.2) is 0 Å². The van der Waals surface area contributed by atoms with E-state index in [1.54, 1.807) is 0 Å². The molecule has 0 saturated carbocycles. The molecule has 0 bridgehead atoms. The van der Waals surface area contributed by atoms with E-state index < -0.39 is 0 Å². The van der Waals surface area contributed by atoms with Gasteiger partial charge in [0.2, 0.25) is 0 Å². The number of nitrogens with zero attached hydrogens (tertiary/aromatic N) is 1. The van der Waals surface area contributed by atoms with E-state index in [9.17, 15) is 0 Å². The van der Waals surface area contributed by atoms with Crippen molar-refractivity contribution in [2.24, 2.45) is 4.99 Å². The Morgan fingerprint density at radius 1 is 1.86 bits per heavy atom. The molecule has 38 valence electrons. The summed E-state index contributed by atoms with van der Waals surface area (Å²) in [7, 11) is 0. The summed E-state index contributed by atoms with van der Waals surface area (Å²) in [5, 5.41) is 0. The van der Waals surface area contributed by atoms with Gasteiger partial charge < -0.3 is 4.74 Å². The van der Waals surface area contributed by atoms with Crippen molar-refractivity contribution in [1.82, 2.24) is 0 Å². The van der Waals surface area contributed by atoms with Gasteiger partial charge in [-0.2, -0.15) is 0 Å². The topological polar surface area (TPSA) is 21.6 Å². The highest BCUT2D eigenvalue weighted by molar-refractivity contribution is 5.47. The molecule has 0 fully saturated rings. The second kappa shape index (κ2) is 2.39. The average molecular weight is 98.1 g/mol. The van der Waals surface area contributed by atoms with Crippen molar-refractivity contribution in [2.75, 3.05) is 6.54 Å². The first-order chi connectivity index (χ1) is 3.89. The van der Waals surface area contributed by atoms with Crippen LogP contribution < -0.4 is 0 Å². The van der Waals surface area contributed by atoms with Crippen LogP contribution in [0.2, 0.25) is 0 Å². The summed E-state index contributed by atoms with van der Waals surface area (Å²) in [6, 6.07) is 0. The predicted octanol–water partition coefficient (Wildman–Crippen LogP) is 0.949. The van der Waals surface area contributed by atoms with E-state index in [0.29, 0.717) is 6.54 Å². The average Bonchev–Trinajstić information content (AvgIpc) is 1.94. The van der Waals surface area contributed by atoms with Crippen LogP contribution >= 0.6 is 0 Å². The quantitative estimate of drug-likeness (QED) is 0.442. The first-order valence-corrected chi connectivity index (χ1v) is 2.22. The van der Waals surface area contributed by atoms with Crippen LogP contribution in [0.5, 0.6) is 0 Å². The summed E-state index contributed by atoms with van der Waals surface area (Å²) >= 11 is 0. The van der Waals surface area contributed by atoms with Crippen LogP contribution in [0, 0.1) is 0 Å². The number of ether oxygens (including phenoxy) is 1. The number of hydrogen-bond donors (Lipinski definition) is 0. The lowest BCUT2D eigenvalue weighted by Gasteiger charge is -1.78. The molecule has 0 N–H and O–H groups in total. The Kier molecular flexibility index (Phi) is 1.11. The summed E-state index contributed by atoms with van der Waals surface area (Å²) in [6.07, 6.45) is 4.24. The summed E-state index contributed by atoms with van der Waals surface area (Å²) in [5.41, 5.74) is 0. The zero-order chi connectivity index (χ0) is 5.82. The van der Waals surface area contributed by atoms with Crippen LogP contribution in [0.15, 0.2) is 17.3 Å². The SMILES string of the molecule is [2H]C1=NCCC=CO1. The largest absolute Gasteiger partial charge is 0.454 e. The van der Waals surface area contributed by atoms with Crippen molar-refractivity contribution in [3.05, 3.63) is 12.3 Å². The third kappa shape index (κ3) is 1.39. The molecule has 0 saturated heterocycles. The maximum atomic E-state index is 6.89. The maximum Gasteiger partial charge on any atom is 0.175 e. The number of hydrogen-bond acceptors (Lipinski definition) is 2. The predicted molar refractivity (Wildman–Crippen MR) is 28.2 cm³/mol. The highest BCUT2D eigenvalue weighted by Crippen LogP contribution is 1.88. The van der Waals surface area contributed by atoms with E-state index in [0.717, 1.165) is 6.42 Å². The van der Waals surface area contributed by atoms with Gasteiger partial charge in [0, 0.05) is 6.54 Å². The van der Waals surface area contributed by atoms with Gasteiger partial charge in [0.05, 0.1) is 6.26 Å². The Bertz CT molecular complexity index is 130. The molecule has 0 amide bonds. The Labute approximate surface area is 43.9 Å². The molecule has 1 aliphatic heterocycles. The van der Waals surface area contributed by atoms with Gasteiger partial charge in [-0.3, -0.25) is 4.99 Å². The van der Waals surface area contributed by atoms with E-state index in [2.05, 4.69) is 9.73 Å². The van der Waals surface area contributed by atoms with Crippen molar-refractivity contribution < 1.29 is 6.11 Å².